The van der Waals surface area contributed by atoms with Gasteiger partial charge in [0.15, 0.2) is 0 Å². The van der Waals surface area contributed by atoms with Crippen LogP contribution in [0.1, 0.15) is 22.3 Å². The summed E-state index contributed by atoms with van der Waals surface area (Å²) < 4.78 is 0.913. The van der Waals surface area contributed by atoms with Gasteiger partial charge in [0.1, 0.15) is 0 Å². The van der Waals surface area contributed by atoms with Crippen molar-refractivity contribution in [2.24, 2.45) is 5.73 Å². The number of primary amides is 1. The molecule has 1 aromatic rings. The lowest BCUT2D eigenvalue weighted by molar-refractivity contribution is -0.119. The molecule has 1 heterocycles. The van der Waals surface area contributed by atoms with Crippen molar-refractivity contribution < 1.29 is 9.59 Å². The normalized spacial score (nSPS) is 16.6. The van der Waals surface area contributed by atoms with Gasteiger partial charge in [-0.25, -0.2) is 0 Å². The fraction of sp³-hybridized carbons (Fsp3) is 0.467. The van der Waals surface area contributed by atoms with Gasteiger partial charge in [-0.1, -0.05) is 15.9 Å². The molecule has 0 aliphatic carbocycles. The zero-order valence-electron chi connectivity index (χ0n) is 12.1. The van der Waals surface area contributed by atoms with Crippen LogP contribution >= 0.6 is 15.9 Å². The summed E-state index contributed by atoms with van der Waals surface area (Å²) in [6.07, 6.45) is 0.853. The Morgan fingerprint density at radius 3 is 2.62 bits per heavy atom. The summed E-state index contributed by atoms with van der Waals surface area (Å²) in [5.74, 6) is -0.280. The lowest BCUT2D eigenvalue weighted by atomic mass is 10.1. The van der Waals surface area contributed by atoms with Crippen molar-refractivity contribution in [1.82, 2.24) is 9.80 Å². The Bertz CT molecular complexity index is 527. The fourth-order valence-corrected chi connectivity index (χ4v) is 3.20. The van der Waals surface area contributed by atoms with Crippen molar-refractivity contribution in [3.63, 3.8) is 0 Å². The van der Waals surface area contributed by atoms with Crippen LogP contribution in [-0.2, 0) is 4.79 Å². The molecular formula is C15H20BrN3O2. The number of aryl methyl sites for hydroxylation is 1. The summed E-state index contributed by atoms with van der Waals surface area (Å²) in [6.45, 7) is 5.04. The fourth-order valence-electron chi connectivity index (χ4n) is 2.59. The smallest absolute Gasteiger partial charge is 0.253 e. The number of halogens is 1. The highest BCUT2D eigenvalue weighted by Crippen LogP contribution is 2.17. The van der Waals surface area contributed by atoms with E-state index < -0.39 is 0 Å². The highest BCUT2D eigenvalue weighted by Gasteiger charge is 2.21. The zero-order valence-corrected chi connectivity index (χ0v) is 13.7. The molecule has 1 fully saturated rings. The van der Waals surface area contributed by atoms with E-state index >= 15 is 0 Å². The number of benzene rings is 1. The van der Waals surface area contributed by atoms with Crippen LogP contribution in [0.2, 0.25) is 0 Å². The highest BCUT2D eigenvalue weighted by atomic mass is 79.9. The molecule has 114 valence electrons. The molecule has 0 bridgehead atoms. The number of carbonyl (C=O) groups is 2. The number of amides is 2. The largest absolute Gasteiger partial charge is 0.369 e. The molecule has 0 saturated carbocycles. The Labute approximate surface area is 133 Å². The van der Waals surface area contributed by atoms with Gasteiger partial charge in [-0.3, -0.25) is 14.5 Å². The van der Waals surface area contributed by atoms with Crippen LogP contribution in [0, 0.1) is 6.92 Å². The lowest BCUT2D eigenvalue weighted by Crippen LogP contribution is -2.38. The first kappa shape index (κ1) is 16.0. The second kappa shape index (κ2) is 7.04. The van der Waals surface area contributed by atoms with Crippen LogP contribution in [0.25, 0.3) is 0 Å². The first-order chi connectivity index (χ1) is 9.95. The molecule has 1 aliphatic rings. The average molecular weight is 354 g/mol. The molecule has 5 nitrogen and oxygen atoms in total. The van der Waals surface area contributed by atoms with Crippen LogP contribution in [0.3, 0.4) is 0 Å². The van der Waals surface area contributed by atoms with Gasteiger partial charge in [0.05, 0.1) is 6.54 Å². The molecule has 2 amide bonds. The summed E-state index contributed by atoms with van der Waals surface area (Å²) in [5, 5.41) is 0. The highest BCUT2D eigenvalue weighted by molar-refractivity contribution is 9.10. The van der Waals surface area contributed by atoms with Gasteiger partial charge in [-0.05, 0) is 37.1 Å². The van der Waals surface area contributed by atoms with E-state index in [-0.39, 0.29) is 18.4 Å². The number of hydrogen-bond acceptors (Lipinski definition) is 3. The van der Waals surface area contributed by atoms with Gasteiger partial charge in [0.2, 0.25) is 5.91 Å². The maximum Gasteiger partial charge on any atom is 0.253 e. The lowest BCUT2D eigenvalue weighted by Gasteiger charge is -2.21. The summed E-state index contributed by atoms with van der Waals surface area (Å²) in [4.78, 5) is 27.4. The molecule has 1 aliphatic heterocycles. The van der Waals surface area contributed by atoms with Gasteiger partial charge in [-0.2, -0.15) is 0 Å². The van der Waals surface area contributed by atoms with Crippen molar-refractivity contribution in [3.8, 4) is 0 Å². The van der Waals surface area contributed by atoms with Gasteiger partial charge in [-0.15, -0.1) is 0 Å². The summed E-state index contributed by atoms with van der Waals surface area (Å²) in [5.41, 5.74) is 6.98. The summed E-state index contributed by atoms with van der Waals surface area (Å²) in [6, 6.07) is 5.73. The molecule has 1 aromatic carbocycles. The van der Waals surface area contributed by atoms with Crippen molar-refractivity contribution in [2.45, 2.75) is 13.3 Å². The second-order valence-corrected chi connectivity index (χ2v) is 6.32. The Morgan fingerprint density at radius 2 is 1.95 bits per heavy atom. The molecule has 0 unspecified atom stereocenters. The summed E-state index contributed by atoms with van der Waals surface area (Å²) >= 11 is 3.43. The topological polar surface area (TPSA) is 66.6 Å². The van der Waals surface area contributed by atoms with Gasteiger partial charge in [0, 0.05) is 36.2 Å². The molecule has 0 spiro atoms. The van der Waals surface area contributed by atoms with Gasteiger partial charge in [0.25, 0.3) is 5.91 Å². The minimum atomic E-state index is -0.322. The number of nitrogens with two attached hydrogens (primary N) is 1. The molecule has 2 rings (SSSR count). The van der Waals surface area contributed by atoms with Crippen LogP contribution in [0.4, 0.5) is 0 Å². The molecule has 1 saturated heterocycles. The van der Waals surface area contributed by atoms with Crippen molar-refractivity contribution in [2.75, 3.05) is 32.7 Å². The van der Waals surface area contributed by atoms with E-state index in [1.165, 1.54) is 0 Å². The van der Waals surface area contributed by atoms with Crippen LogP contribution in [0.5, 0.6) is 0 Å². The van der Waals surface area contributed by atoms with Crippen molar-refractivity contribution in [3.05, 3.63) is 33.8 Å². The number of carbonyl (C=O) groups excluding carboxylic acids is 2. The van der Waals surface area contributed by atoms with Gasteiger partial charge >= 0.3 is 0 Å². The molecule has 0 radical (unpaired) electrons. The Balaban J connectivity index is 2.04. The SMILES string of the molecule is Cc1cc(Br)cc(C(=O)N2CCCN(CC(N)=O)CC2)c1. The molecule has 6 heteroatoms. The second-order valence-electron chi connectivity index (χ2n) is 5.41. The molecule has 0 atom stereocenters. The van der Waals surface area contributed by atoms with Crippen LogP contribution in [0.15, 0.2) is 22.7 Å². The van der Waals surface area contributed by atoms with Crippen LogP contribution < -0.4 is 5.73 Å². The van der Waals surface area contributed by atoms with E-state index in [1.807, 2.05) is 34.9 Å². The molecule has 2 N–H and O–H groups in total. The van der Waals surface area contributed by atoms with E-state index in [0.717, 1.165) is 23.0 Å². The third kappa shape index (κ3) is 4.54. The van der Waals surface area contributed by atoms with Crippen LogP contribution in [-0.4, -0.2) is 54.3 Å². The average Bonchev–Trinajstić information content (AvgIpc) is 2.61. The van der Waals surface area contributed by atoms with E-state index in [2.05, 4.69) is 15.9 Å². The standard InChI is InChI=1S/C15H20BrN3O2/c1-11-7-12(9-13(16)8-11)15(21)19-4-2-3-18(5-6-19)10-14(17)20/h7-9H,2-6,10H2,1H3,(H2,17,20). The third-order valence-electron chi connectivity index (χ3n) is 3.54. The zero-order chi connectivity index (χ0) is 15.4. The number of rotatable bonds is 3. The van der Waals surface area contributed by atoms with Crippen molar-refractivity contribution in [1.29, 1.82) is 0 Å². The first-order valence-electron chi connectivity index (χ1n) is 7.03. The predicted molar refractivity (Wildman–Crippen MR) is 85.0 cm³/mol. The predicted octanol–water partition coefficient (Wildman–Crippen LogP) is 1.39. The van der Waals surface area contributed by atoms with Crippen molar-refractivity contribution >= 4 is 27.7 Å². The Morgan fingerprint density at radius 1 is 1.19 bits per heavy atom. The molecular weight excluding hydrogens is 334 g/mol. The third-order valence-corrected chi connectivity index (χ3v) is 4.00. The summed E-state index contributed by atoms with van der Waals surface area (Å²) in [7, 11) is 0. The minimum absolute atomic E-state index is 0.0420. The molecule has 21 heavy (non-hydrogen) atoms. The minimum Gasteiger partial charge on any atom is -0.369 e. The maximum atomic E-state index is 12.6. The van der Waals surface area contributed by atoms with E-state index in [1.54, 1.807) is 0 Å². The quantitative estimate of drug-likeness (QED) is 0.892. The number of nitrogens with zero attached hydrogens (tertiary/aromatic N) is 2. The van der Waals surface area contributed by atoms with E-state index in [9.17, 15) is 9.59 Å². The first-order valence-corrected chi connectivity index (χ1v) is 7.82. The number of hydrogen-bond donors (Lipinski definition) is 1. The maximum absolute atomic E-state index is 12.6. The molecule has 0 aromatic heterocycles. The van der Waals surface area contributed by atoms with E-state index in [4.69, 9.17) is 5.73 Å². The monoisotopic (exact) mass is 353 g/mol. The van der Waals surface area contributed by atoms with E-state index in [0.29, 0.717) is 25.2 Å². The van der Waals surface area contributed by atoms with Gasteiger partial charge < -0.3 is 10.6 Å². The Hall–Kier alpha value is -1.40. The Kier molecular flexibility index (Phi) is 5.36.